The van der Waals surface area contributed by atoms with Gasteiger partial charge in [-0.3, -0.25) is 9.00 Å². The first-order valence-electron chi connectivity index (χ1n) is 9.65. The van der Waals surface area contributed by atoms with E-state index < -0.39 is 26.7 Å². The van der Waals surface area contributed by atoms with Crippen molar-refractivity contribution in [1.82, 2.24) is 14.1 Å². The molecule has 2 aromatic carbocycles. The van der Waals surface area contributed by atoms with Crippen LogP contribution in [0.4, 0.5) is 5.82 Å². The number of methoxy groups -OCH3 is 1. The summed E-state index contributed by atoms with van der Waals surface area (Å²) in [5, 5.41) is 7.43. The molecule has 1 aromatic heterocycles. The molecule has 168 valence electrons. The largest absolute Gasteiger partial charge is 0.497 e. The van der Waals surface area contributed by atoms with Crippen LogP contribution >= 0.6 is 0 Å². The Morgan fingerprint density at radius 1 is 1.09 bits per heavy atom. The van der Waals surface area contributed by atoms with Gasteiger partial charge in [-0.05, 0) is 48.5 Å². The molecule has 3 aromatic rings. The van der Waals surface area contributed by atoms with Gasteiger partial charge in [0.05, 0.1) is 34.9 Å². The lowest BCUT2D eigenvalue weighted by Crippen LogP contribution is -2.22. The van der Waals surface area contributed by atoms with Gasteiger partial charge in [0.25, 0.3) is 5.91 Å². The number of amides is 1. The molecule has 1 N–H and O–H groups in total. The molecular formula is C21H22N4O5S2. The number of hydrogen-bond acceptors (Lipinski definition) is 6. The lowest BCUT2D eigenvalue weighted by Gasteiger charge is -2.13. The number of aromatic nitrogens is 2. The Kier molecular flexibility index (Phi) is 5.89. The third-order valence-corrected chi connectivity index (χ3v) is 8.15. The van der Waals surface area contributed by atoms with Gasteiger partial charge < -0.3 is 10.1 Å². The third-order valence-electron chi connectivity index (χ3n) is 5.11. The number of nitrogens with zero attached hydrogens (tertiary/aromatic N) is 3. The molecule has 11 heteroatoms. The molecule has 1 atom stereocenters. The molecule has 0 saturated heterocycles. The molecule has 9 nitrogen and oxygen atoms in total. The van der Waals surface area contributed by atoms with E-state index >= 15 is 0 Å². The van der Waals surface area contributed by atoms with Crippen molar-refractivity contribution in [3.63, 3.8) is 0 Å². The van der Waals surface area contributed by atoms with Gasteiger partial charge in [-0.1, -0.05) is 0 Å². The second-order valence-electron chi connectivity index (χ2n) is 7.38. The second kappa shape index (κ2) is 8.49. The molecule has 0 spiro atoms. The van der Waals surface area contributed by atoms with Crippen molar-refractivity contribution in [2.24, 2.45) is 0 Å². The quantitative estimate of drug-likeness (QED) is 0.586. The van der Waals surface area contributed by atoms with E-state index in [9.17, 15) is 17.4 Å². The fourth-order valence-electron chi connectivity index (χ4n) is 3.34. The van der Waals surface area contributed by atoms with E-state index in [0.717, 1.165) is 9.87 Å². The van der Waals surface area contributed by atoms with Crippen LogP contribution in [0.3, 0.4) is 0 Å². The minimum absolute atomic E-state index is 0.0959. The van der Waals surface area contributed by atoms with Gasteiger partial charge in [0.15, 0.2) is 0 Å². The summed E-state index contributed by atoms with van der Waals surface area (Å²) in [6, 6.07) is 12.9. The molecule has 0 aliphatic carbocycles. The van der Waals surface area contributed by atoms with Crippen molar-refractivity contribution < 1.29 is 22.2 Å². The van der Waals surface area contributed by atoms with E-state index in [1.165, 1.54) is 38.4 Å². The van der Waals surface area contributed by atoms with Gasteiger partial charge in [-0.15, -0.1) is 0 Å². The van der Waals surface area contributed by atoms with Crippen molar-refractivity contribution in [2.45, 2.75) is 16.4 Å². The minimum Gasteiger partial charge on any atom is -0.497 e. The molecule has 0 bridgehead atoms. The van der Waals surface area contributed by atoms with Crippen molar-refractivity contribution in [1.29, 1.82) is 0 Å². The Morgan fingerprint density at radius 2 is 1.75 bits per heavy atom. The number of ether oxygens (including phenoxy) is 1. The average molecular weight is 475 g/mol. The molecule has 0 radical (unpaired) electrons. The minimum atomic E-state index is -3.59. The summed E-state index contributed by atoms with van der Waals surface area (Å²) in [4.78, 5) is 13.1. The normalized spacial score (nSPS) is 15.6. The summed E-state index contributed by atoms with van der Waals surface area (Å²) in [7, 11) is -0.185. The van der Waals surface area contributed by atoms with Gasteiger partial charge in [0.2, 0.25) is 10.0 Å². The van der Waals surface area contributed by atoms with Gasteiger partial charge in [0, 0.05) is 36.0 Å². The average Bonchev–Trinajstić information content (AvgIpc) is 3.30. The molecule has 0 fully saturated rings. The molecule has 0 saturated carbocycles. The molecule has 1 amide bonds. The van der Waals surface area contributed by atoms with Gasteiger partial charge in [-0.25, -0.2) is 17.4 Å². The number of benzene rings is 2. The lowest BCUT2D eigenvalue weighted by atomic mass is 10.2. The predicted molar refractivity (Wildman–Crippen MR) is 121 cm³/mol. The van der Waals surface area contributed by atoms with Gasteiger partial charge >= 0.3 is 0 Å². The standard InChI is InChI=1S/C21H22N4O5S2/c1-24(2)32(28,29)17-10-4-14(5-11-17)21(26)22-20-18-12-31(27)13-19(18)23-25(20)15-6-8-16(30-3)9-7-15/h4-11H,12-13H2,1-3H3,(H,22,26). The van der Waals surface area contributed by atoms with Crippen molar-refractivity contribution in [3.05, 3.63) is 65.4 Å². The van der Waals surface area contributed by atoms with Crippen LogP contribution in [0, 0.1) is 0 Å². The molecule has 1 unspecified atom stereocenters. The Morgan fingerprint density at radius 3 is 2.34 bits per heavy atom. The number of nitrogens with one attached hydrogen (secondary N) is 1. The highest BCUT2D eigenvalue weighted by atomic mass is 32.2. The topological polar surface area (TPSA) is 111 Å². The summed E-state index contributed by atoms with van der Waals surface area (Å²) in [6.07, 6.45) is 0. The lowest BCUT2D eigenvalue weighted by molar-refractivity contribution is 0.102. The van der Waals surface area contributed by atoms with E-state index in [2.05, 4.69) is 10.4 Å². The second-order valence-corrected chi connectivity index (χ2v) is 11.0. The number of rotatable bonds is 6. The fraction of sp³-hybridized carbons (Fsp3) is 0.238. The first-order valence-corrected chi connectivity index (χ1v) is 12.6. The van der Waals surface area contributed by atoms with Crippen LogP contribution in [0.15, 0.2) is 53.4 Å². The molecular weight excluding hydrogens is 452 g/mol. The summed E-state index contributed by atoms with van der Waals surface area (Å²) < 4.78 is 44.5. The summed E-state index contributed by atoms with van der Waals surface area (Å²) >= 11 is 0. The van der Waals surface area contributed by atoms with Crippen LogP contribution in [0.25, 0.3) is 5.69 Å². The number of fused-ring (bicyclic) bond motifs is 1. The highest BCUT2D eigenvalue weighted by Gasteiger charge is 2.28. The summed E-state index contributed by atoms with van der Waals surface area (Å²) in [5.41, 5.74) is 2.42. The third kappa shape index (κ3) is 4.06. The zero-order valence-corrected chi connectivity index (χ0v) is 19.4. The van der Waals surface area contributed by atoms with Crippen LogP contribution in [0.5, 0.6) is 5.75 Å². The number of anilines is 1. The van der Waals surface area contributed by atoms with Crippen molar-refractivity contribution >= 4 is 32.5 Å². The van der Waals surface area contributed by atoms with Crippen LogP contribution in [-0.2, 0) is 32.3 Å². The van der Waals surface area contributed by atoms with Crippen LogP contribution in [0.2, 0.25) is 0 Å². The number of sulfonamides is 1. The monoisotopic (exact) mass is 474 g/mol. The summed E-state index contributed by atoms with van der Waals surface area (Å²) in [5.74, 6) is 1.35. The zero-order chi connectivity index (χ0) is 23.0. The van der Waals surface area contributed by atoms with E-state index in [0.29, 0.717) is 34.5 Å². The Labute approximate surface area is 188 Å². The van der Waals surface area contributed by atoms with Crippen molar-refractivity contribution in [3.8, 4) is 11.4 Å². The number of hydrogen-bond donors (Lipinski definition) is 1. The first kappa shape index (κ1) is 22.2. The van der Waals surface area contributed by atoms with Crippen LogP contribution in [-0.4, -0.2) is 53.8 Å². The molecule has 4 rings (SSSR count). The highest BCUT2D eigenvalue weighted by molar-refractivity contribution is 7.89. The summed E-state index contributed by atoms with van der Waals surface area (Å²) in [6.45, 7) is 0. The maximum atomic E-state index is 13.0. The van der Waals surface area contributed by atoms with E-state index in [-0.39, 0.29) is 10.5 Å². The molecule has 2 heterocycles. The Bertz CT molecular complexity index is 1300. The molecule has 32 heavy (non-hydrogen) atoms. The smallest absolute Gasteiger partial charge is 0.256 e. The fourth-order valence-corrected chi connectivity index (χ4v) is 5.50. The first-order chi connectivity index (χ1) is 15.2. The predicted octanol–water partition coefficient (Wildman–Crippen LogP) is 2.15. The van der Waals surface area contributed by atoms with Crippen LogP contribution in [0.1, 0.15) is 21.6 Å². The maximum absolute atomic E-state index is 13.0. The molecule has 1 aliphatic rings. The molecule has 1 aliphatic heterocycles. The number of carbonyl (C=O) groups is 1. The van der Waals surface area contributed by atoms with E-state index in [1.807, 2.05) is 12.1 Å². The van der Waals surface area contributed by atoms with Gasteiger partial charge in [0.1, 0.15) is 11.6 Å². The van der Waals surface area contributed by atoms with E-state index in [1.54, 1.807) is 23.9 Å². The SMILES string of the molecule is COc1ccc(-n2nc3c(c2NC(=O)c2ccc(S(=O)(=O)N(C)C)cc2)CS(=O)C3)cc1. The van der Waals surface area contributed by atoms with E-state index in [4.69, 9.17) is 4.74 Å². The highest BCUT2D eigenvalue weighted by Crippen LogP contribution is 2.32. The number of carbonyl (C=O) groups excluding carboxylic acids is 1. The maximum Gasteiger partial charge on any atom is 0.256 e. The van der Waals surface area contributed by atoms with Gasteiger partial charge in [-0.2, -0.15) is 5.10 Å². The van der Waals surface area contributed by atoms with Crippen molar-refractivity contribution in [2.75, 3.05) is 26.5 Å². The zero-order valence-electron chi connectivity index (χ0n) is 17.7. The van der Waals surface area contributed by atoms with Crippen LogP contribution < -0.4 is 10.1 Å². The Hall–Kier alpha value is -3.02. The Balaban J connectivity index is 1.66.